The van der Waals surface area contributed by atoms with Gasteiger partial charge in [0.15, 0.2) is 5.78 Å². The highest BCUT2D eigenvalue weighted by Gasteiger charge is 2.20. The lowest BCUT2D eigenvalue weighted by Gasteiger charge is -2.02. The average Bonchev–Trinajstić information content (AvgIpc) is 2.27. The van der Waals surface area contributed by atoms with Crippen molar-refractivity contribution in [1.29, 1.82) is 5.26 Å². The SMILES string of the molecule is N#Cc1cc(O)c(C(=O)CCl)cc1[N+](=O)[O-]. The number of phenolic OH excluding ortho intramolecular Hbond substituents is 1. The predicted octanol–water partition coefficient (Wildman–Crippen LogP) is 1.59. The van der Waals surface area contributed by atoms with E-state index in [2.05, 4.69) is 0 Å². The molecule has 0 fully saturated rings. The Morgan fingerprint density at radius 3 is 2.69 bits per heavy atom. The van der Waals surface area contributed by atoms with E-state index in [1.165, 1.54) is 0 Å². The summed E-state index contributed by atoms with van der Waals surface area (Å²) in [7, 11) is 0. The second kappa shape index (κ2) is 4.59. The number of ketones is 1. The highest BCUT2D eigenvalue weighted by Crippen LogP contribution is 2.27. The predicted molar refractivity (Wildman–Crippen MR) is 54.5 cm³/mol. The van der Waals surface area contributed by atoms with Gasteiger partial charge in [-0.1, -0.05) is 0 Å². The first kappa shape index (κ1) is 11.9. The van der Waals surface area contributed by atoms with Crippen LogP contribution in [0.3, 0.4) is 0 Å². The first-order valence-corrected chi connectivity index (χ1v) is 4.55. The zero-order valence-electron chi connectivity index (χ0n) is 7.81. The number of carbonyl (C=O) groups is 1. The van der Waals surface area contributed by atoms with E-state index >= 15 is 0 Å². The number of carbonyl (C=O) groups excluding carboxylic acids is 1. The number of nitro benzene ring substituents is 1. The molecule has 0 atom stereocenters. The number of nitriles is 1. The van der Waals surface area contributed by atoms with Crippen molar-refractivity contribution in [3.8, 4) is 11.8 Å². The number of phenols is 1. The van der Waals surface area contributed by atoms with Gasteiger partial charge in [-0.25, -0.2) is 0 Å². The van der Waals surface area contributed by atoms with E-state index in [9.17, 15) is 20.0 Å². The Kier molecular flexibility index (Phi) is 3.43. The fourth-order valence-corrected chi connectivity index (χ4v) is 1.26. The largest absolute Gasteiger partial charge is 0.507 e. The van der Waals surface area contributed by atoms with E-state index < -0.39 is 28.0 Å². The molecule has 1 rings (SSSR count). The van der Waals surface area contributed by atoms with Crippen LogP contribution in [-0.4, -0.2) is 21.7 Å². The van der Waals surface area contributed by atoms with Crippen molar-refractivity contribution in [1.82, 2.24) is 0 Å². The Balaban J connectivity index is 3.46. The molecule has 7 heteroatoms. The minimum atomic E-state index is -0.803. The fraction of sp³-hybridized carbons (Fsp3) is 0.111. The van der Waals surface area contributed by atoms with Gasteiger partial charge in [0.2, 0.25) is 0 Å². The van der Waals surface area contributed by atoms with Crippen LogP contribution in [0.4, 0.5) is 5.69 Å². The van der Waals surface area contributed by atoms with Gasteiger partial charge in [0.25, 0.3) is 5.69 Å². The zero-order chi connectivity index (χ0) is 12.3. The maximum absolute atomic E-state index is 11.2. The normalized spacial score (nSPS) is 9.50. The van der Waals surface area contributed by atoms with Crippen LogP contribution in [0.25, 0.3) is 0 Å². The average molecular weight is 241 g/mol. The van der Waals surface area contributed by atoms with Crippen LogP contribution in [0.2, 0.25) is 0 Å². The molecule has 0 radical (unpaired) electrons. The quantitative estimate of drug-likeness (QED) is 0.374. The smallest absolute Gasteiger partial charge is 0.288 e. The van der Waals surface area contributed by atoms with Crippen molar-refractivity contribution in [2.24, 2.45) is 0 Å². The number of Topliss-reactive ketones (excluding diaryl/α,β-unsaturated/α-hetero) is 1. The molecule has 1 N–H and O–H groups in total. The van der Waals surface area contributed by atoms with Gasteiger partial charge < -0.3 is 5.11 Å². The topological polar surface area (TPSA) is 104 Å². The molecule has 0 bridgehead atoms. The number of alkyl halides is 1. The number of rotatable bonds is 3. The summed E-state index contributed by atoms with van der Waals surface area (Å²) in [5.41, 5.74) is -1.11. The first-order chi connectivity index (χ1) is 7.51. The van der Waals surface area contributed by atoms with Gasteiger partial charge >= 0.3 is 0 Å². The van der Waals surface area contributed by atoms with E-state index in [1.54, 1.807) is 6.07 Å². The Labute approximate surface area is 94.8 Å². The lowest BCUT2D eigenvalue weighted by Crippen LogP contribution is -2.03. The Morgan fingerprint density at radius 2 is 2.25 bits per heavy atom. The molecule has 16 heavy (non-hydrogen) atoms. The van der Waals surface area contributed by atoms with Crippen LogP contribution in [0.15, 0.2) is 12.1 Å². The number of nitrogens with zero attached hydrogens (tertiary/aromatic N) is 2. The van der Waals surface area contributed by atoms with Gasteiger partial charge in [-0.05, 0) is 0 Å². The molecule has 0 heterocycles. The van der Waals surface area contributed by atoms with Crippen LogP contribution in [0.1, 0.15) is 15.9 Å². The zero-order valence-corrected chi connectivity index (χ0v) is 8.56. The van der Waals surface area contributed by atoms with Crippen molar-refractivity contribution in [2.45, 2.75) is 0 Å². The Hall–Kier alpha value is -2.13. The van der Waals surface area contributed by atoms with Crippen molar-refractivity contribution in [3.63, 3.8) is 0 Å². The Bertz CT molecular complexity index is 507. The molecule has 0 spiro atoms. The minimum Gasteiger partial charge on any atom is -0.507 e. The number of hydrogen-bond acceptors (Lipinski definition) is 5. The summed E-state index contributed by atoms with van der Waals surface area (Å²) in [5.74, 6) is -1.55. The van der Waals surface area contributed by atoms with Gasteiger partial charge in [-0.15, -0.1) is 11.6 Å². The third kappa shape index (κ3) is 2.10. The lowest BCUT2D eigenvalue weighted by molar-refractivity contribution is -0.385. The van der Waals surface area contributed by atoms with E-state index in [4.69, 9.17) is 16.9 Å². The molecule has 0 saturated heterocycles. The summed E-state index contributed by atoms with van der Waals surface area (Å²) >= 11 is 5.27. The van der Waals surface area contributed by atoms with Gasteiger partial charge in [-0.3, -0.25) is 14.9 Å². The molecule has 0 saturated carbocycles. The highest BCUT2D eigenvalue weighted by molar-refractivity contribution is 6.30. The van der Waals surface area contributed by atoms with Gasteiger partial charge in [0.1, 0.15) is 17.4 Å². The van der Waals surface area contributed by atoms with Gasteiger partial charge in [-0.2, -0.15) is 5.26 Å². The van der Waals surface area contributed by atoms with E-state index in [1.807, 2.05) is 0 Å². The molecular weight excluding hydrogens is 236 g/mol. The maximum Gasteiger partial charge on any atom is 0.288 e. The molecule has 82 valence electrons. The van der Waals surface area contributed by atoms with Crippen molar-refractivity contribution in [3.05, 3.63) is 33.4 Å². The molecule has 6 nitrogen and oxygen atoms in total. The van der Waals surface area contributed by atoms with Crippen LogP contribution in [-0.2, 0) is 0 Å². The molecule has 1 aromatic rings. The van der Waals surface area contributed by atoms with E-state index in [-0.39, 0.29) is 11.1 Å². The van der Waals surface area contributed by atoms with Crippen molar-refractivity contribution >= 4 is 23.1 Å². The Morgan fingerprint density at radius 1 is 1.62 bits per heavy atom. The minimum absolute atomic E-state index is 0.263. The molecule has 0 aliphatic rings. The lowest BCUT2D eigenvalue weighted by atomic mass is 10.1. The number of halogens is 1. The number of hydrogen-bond donors (Lipinski definition) is 1. The number of aromatic hydroxyl groups is 1. The van der Waals surface area contributed by atoms with Crippen molar-refractivity contribution < 1.29 is 14.8 Å². The van der Waals surface area contributed by atoms with E-state index in [0.717, 1.165) is 12.1 Å². The summed E-state index contributed by atoms with van der Waals surface area (Å²) in [6.45, 7) is 0. The molecule has 0 aliphatic heterocycles. The second-order valence-corrected chi connectivity index (χ2v) is 3.08. The molecule has 0 amide bonds. The third-order valence-electron chi connectivity index (χ3n) is 1.85. The van der Waals surface area contributed by atoms with Gasteiger partial charge in [0, 0.05) is 12.1 Å². The number of benzene rings is 1. The highest BCUT2D eigenvalue weighted by atomic mass is 35.5. The number of nitro groups is 1. The first-order valence-electron chi connectivity index (χ1n) is 4.02. The van der Waals surface area contributed by atoms with Crippen molar-refractivity contribution in [2.75, 3.05) is 5.88 Å². The fourth-order valence-electron chi connectivity index (χ4n) is 1.11. The van der Waals surface area contributed by atoms with Gasteiger partial charge in [0.05, 0.1) is 16.4 Å². The second-order valence-electron chi connectivity index (χ2n) is 2.81. The van der Waals surface area contributed by atoms with Crippen LogP contribution >= 0.6 is 11.6 Å². The summed E-state index contributed by atoms with van der Waals surface area (Å²) in [6.07, 6.45) is 0. The molecule has 0 unspecified atom stereocenters. The molecule has 1 aromatic carbocycles. The summed E-state index contributed by atoms with van der Waals surface area (Å²) < 4.78 is 0. The summed E-state index contributed by atoms with van der Waals surface area (Å²) in [5, 5.41) is 28.6. The third-order valence-corrected chi connectivity index (χ3v) is 2.10. The molecule has 0 aliphatic carbocycles. The van der Waals surface area contributed by atoms with E-state index in [0.29, 0.717) is 0 Å². The maximum atomic E-state index is 11.2. The van der Waals surface area contributed by atoms with Crippen LogP contribution < -0.4 is 0 Å². The van der Waals surface area contributed by atoms with Crippen LogP contribution in [0.5, 0.6) is 5.75 Å². The summed E-state index contributed by atoms with van der Waals surface area (Å²) in [4.78, 5) is 21.0. The molecule has 0 aromatic heterocycles. The standard InChI is InChI=1S/C9H5ClN2O4/c10-3-9(14)6-2-7(12(15)16)5(4-11)1-8(6)13/h1-2,13H,3H2. The molecular formula is C9H5ClN2O4. The monoisotopic (exact) mass is 240 g/mol. The van der Waals surface area contributed by atoms with Crippen LogP contribution in [0, 0.1) is 21.4 Å². The summed E-state index contributed by atoms with van der Waals surface area (Å²) in [6, 6.07) is 3.27.